The minimum atomic E-state index is -0.811. The van der Waals surface area contributed by atoms with Crippen LogP contribution in [0.25, 0.3) is 0 Å². The van der Waals surface area contributed by atoms with Crippen LogP contribution in [0.3, 0.4) is 0 Å². The summed E-state index contributed by atoms with van der Waals surface area (Å²) in [7, 11) is 0. The molecule has 5 heteroatoms. The van der Waals surface area contributed by atoms with Gasteiger partial charge >= 0.3 is 5.97 Å². The van der Waals surface area contributed by atoms with E-state index >= 15 is 0 Å². The van der Waals surface area contributed by atoms with Crippen molar-refractivity contribution in [2.75, 3.05) is 39.4 Å². The second kappa shape index (κ2) is 10.2. The minimum absolute atomic E-state index is 0.640. The van der Waals surface area contributed by atoms with Crippen LogP contribution in [0.1, 0.15) is 40.5 Å². The average molecular weight is 274 g/mol. The summed E-state index contributed by atoms with van der Waals surface area (Å²) in [6.45, 7) is 12.8. The molecule has 0 aliphatic carbocycles. The molecule has 0 aromatic carbocycles. The van der Waals surface area contributed by atoms with Gasteiger partial charge in [-0.25, -0.2) is 0 Å². The van der Waals surface area contributed by atoms with Gasteiger partial charge in [-0.05, 0) is 46.3 Å². The first kappa shape index (κ1) is 18.4. The third kappa shape index (κ3) is 7.50. The van der Waals surface area contributed by atoms with E-state index < -0.39 is 11.5 Å². The molecule has 0 radical (unpaired) electrons. The van der Waals surface area contributed by atoms with E-state index in [1.807, 2.05) is 13.8 Å². The maximum absolute atomic E-state index is 11.3. The van der Waals surface area contributed by atoms with Crippen LogP contribution >= 0.6 is 0 Å². The maximum atomic E-state index is 11.3. The van der Waals surface area contributed by atoms with E-state index in [1.165, 1.54) is 0 Å². The van der Waals surface area contributed by atoms with Crippen LogP contribution in [-0.2, 0) is 9.53 Å². The molecule has 1 unspecified atom stereocenters. The molecule has 0 aromatic heterocycles. The molecule has 0 fully saturated rings. The first-order valence-corrected chi connectivity index (χ1v) is 7.28. The van der Waals surface area contributed by atoms with Crippen molar-refractivity contribution in [3.8, 4) is 0 Å². The molecule has 0 saturated carbocycles. The number of ether oxygens (including phenoxy) is 1. The van der Waals surface area contributed by atoms with Crippen LogP contribution in [0, 0.1) is 0 Å². The molecule has 0 aromatic rings. The highest BCUT2D eigenvalue weighted by Crippen LogP contribution is 2.13. The minimum Gasteiger partial charge on any atom is -0.480 e. The van der Waals surface area contributed by atoms with Gasteiger partial charge in [-0.2, -0.15) is 0 Å². The molecular weight excluding hydrogens is 244 g/mol. The van der Waals surface area contributed by atoms with Crippen molar-refractivity contribution in [1.29, 1.82) is 0 Å². The van der Waals surface area contributed by atoms with Gasteiger partial charge in [0.1, 0.15) is 5.54 Å². The zero-order chi connectivity index (χ0) is 14.7. The molecule has 0 amide bonds. The highest BCUT2D eigenvalue weighted by Gasteiger charge is 2.31. The lowest BCUT2D eigenvalue weighted by Gasteiger charge is -2.27. The molecule has 1 atom stereocenters. The van der Waals surface area contributed by atoms with Crippen molar-refractivity contribution in [2.24, 2.45) is 0 Å². The Hall–Kier alpha value is -0.650. The summed E-state index contributed by atoms with van der Waals surface area (Å²) in [6.07, 6.45) is 1.51. The molecule has 0 spiro atoms. The third-order valence-corrected chi connectivity index (χ3v) is 3.39. The van der Waals surface area contributed by atoms with E-state index in [4.69, 9.17) is 4.74 Å². The predicted octanol–water partition coefficient (Wildman–Crippen LogP) is 1.58. The fourth-order valence-electron chi connectivity index (χ4n) is 2.08. The molecule has 0 aliphatic rings. The Bertz CT molecular complexity index is 249. The van der Waals surface area contributed by atoms with Gasteiger partial charge in [-0.1, -0.05) is 13.8 Å². The summed E-state index contributed by atoms with van der Waals surface area (Å²) in [5.41, 5.74) is -0.811. The maximum Gasteiger partial charge on any atom is 0.323 e. The van der Waals surface area contributed by atoms with Crippen molar-refractivity contribution >= 4 is 5.97 Å². The molecule has 5 nitrogen and oxygen atoms in total. The number of nitrogens with one attached hydrogen (secondary N) is 1. The Labute approximate surface area is 117 Å². The van der Waals surface area contributed by atoms with Gasteiger partial charge in [0.05, 0.1) is 6.61 Å². The zero-order valence-corrected chi connectivity index (χ0v) is 12.9. The first-order valence-electron chi connectivity index (χ1n) is 7.28. The van der Waals surface area contributed by atoms with Gasteiger partial charge in [-0.15, -0.1) is 0 Å². The third-order valence-electron chi connectivity index (χ3n) is 3.39. The Morgan fingerprint density at radius 3 is 2.47 bits per heavy atom. The highest BCUT2D eigenvalue weighted by atomic mass is 16.5. The summed E-state index contributed by atoms with van der Waals surface area (Å²) < 4.78 is 5.34. The average Bonchev–Trinajstić information content (AvgIpc) is 2.37. The smallest absolute Gasteiger partial charge is 0.323 e. The number of aliphatic carboxylic acids is 1. The number of likely N-dealkylation sites (N-methyl/N-ethyl adjacent to an activating group) is 2. The van der Waals surface area contributed by atoms with Crippen LogP contribution in [0.2, 0.25) is 0 Å². The van der Waals surface area contributed by atoms with Crippen LogP contribution < -0.4 is 5.32 Å². The SMILES string of the molecule is CCNC(C)(CCCN(CC)CCOCC)C(=O)O. The van der Waals surface area contributed by atoms with Crippen LogP contribution in [0.4, 0.5) is 0 Å². The van der Waals surface area contributed by atoms with Gasteiger partial charge in [0, 0.05) is 13.2 Å². The lowest BCUT2D eigenvalue weighted by Crippen LogP contribution is -2.49. The number of nitrogens with zero attached hydrogens (tertiary/aromatic N) is 1. The van der Waals surface area contributed by atoms with E-state index in [-0.39, 0.29) is 0 Å². The van der Waals surface area contributed by atoms with E-state index in [1.54, 1.807) is 6.92 Å². The number of carbonyl (C=O) groups is 1. The van der Waals surface area contributed by atoms with Crippen LogP contribution in [0.5, 0.6) is 0 Å². The lowest BCUT2D eigenvalue weighted by molar-refractivity contribution is -0.144. The standard InChI is InChI=1S/C14H30N2O3/c1-5-15-14(4,13(17)18)9-8-10-16(6-2)11-12-19-7-3/h15H,5-12H2,1-4H3,(H,17,18). The monoisotopic (exact) mass is 274 g/mol. The molecule has 0 bridgehead atoms. The molecular formula is C14H30N2O3. The molecule has 0 heterocycles. The molecule has 0 aliphatic heterocycles. The summed E-state index contributed by atoms with van der Waals surface area (Å²) in [4.78, 5) is 13.6. The van der Waals surface area contributed by atoms with Gasteiger partial charge in [-0.3, -0.25) is 4.79 Å². The van der Waals surface area contributed by atoms with E-state index in [0.29, 0.717) is 13.0 Å². The quantitative estimate of drug-likeness (QED) is 0.529. The van der Waals surface area contributed by atoms with Crippen molar-refractivity contribution in [3.05, 3.63) is 0 Å². The van der Waals surface area contributed by atoms with E-state index in [9.17, 15) is 9.90 Å². The highest BCUT2D eigenvalue weighted by molar-refractivity contribution is 5.78. The Morgan fingerprint density at radius 2 is 2.00 bits per heavy atom. The number of carboxylic acids is 1. The first-order chi connectivity index (χ1) is 9.00. The van der Waals surface area contributed by atoms with Gasteiger partial charge < -0.3 is 20.1 Å². The molecule has 19 heavy (non-hydrogen) atoms. The summed E-state index contributed by atoms with van der Waals surface area (Å²) in [5, 5.41) is 12.3. The van der Waals surface area contributed by atoms with Gasteiger partial charge in [0.25, 0.3) is 0 Å². The fourth-order valence-corrected chi connectivity index (χ4v) is 2.08. The molecule has 2 N–H and O–H groups in total. The summed E-state index contributed by atoms with van der Waals surface area (Å²) >= 11 is 0. The molecule has 114 valence electrons. The van der Waals surface area contributed by atoms with Crippen LogP contribution in [0.15, 0.2) is 0 Å². The van der Waals surface area contributed by atoms with E-state index in [0.717, 1.165) is 39.3 Å². The fraction of sp³-hybridized carbons (Fsp3) is 0.929. The Balaban J connectivity index is 4.04. The van der Waals surface area contributed by atoms with Crippen molar-refractivity contribution < 1.29 is 14.6 Å². The lowest BCUT2D eigenvalue weighted by atomic mass is 9.95. The zero-order valence-electron chi connectivity index (χ0n) is 12.9. The topological polar surface area (TPSA) is 61.8 Å². The van der Waals surface area contributed by atoms with Gasteiger partial charge in [0.2, 0.25) is 0 Å². The van der Waals surface area contributed by atoms with Crippen LogP contribution in [-0.4, -0.2) is 60.9 Å². The second-order valence-electron chi connectivity index (χ2n) is 4.90. The predicted molar refractivity (Wildman–Crippen MR) is 77.6 cm³/mol. The van der Waals surface area contributed by atoms with Crippen molar-refractivity contribution in [1.82, 2.24) is 10.2 Å². The number of hydrogen-bond acceptors (Lipinski definition) is 4. The van der Waals surface area contributed by atoms with Crippen molar-refractivity contribution in [3.63, 3.8) is 0 Å². The number of hydrogen-bond donors (Lipinski definition) is 2. The summed E-state index contributed by atoms with van der Waals surface area (Å²) in [6, 6.07) is 0. The summed E-state index contributed by atoms with van der Waals surface area (Å²) in [5.74, 6) is -0.772. The van der Waals surface area contributed by atoms with Crippen molar-refractivity contribution in [2.45, 2.75) is 46.1 Å². The number of carboxylic acid groups (broad SMARTS) is 1. The second-order valence-corrected chi connectivity index (χ2v) is 4.90. The molecule has 0 rings (SSSR count). The van der Waals surface area contributed by atoms with Gasteiger partial charge in [0.15, 0.2) is 0 Å². The largest absolute Gasteiger partial charge is 0.480 e. The van der Waals surface area contributed by atoms with E-state index in [2.05, 4.69) is 17.1 Å². The number of rotatable bonds is 12. The Kier molecular flexibility index (Phi) is 9.83. The molecule has 0 saturated heterocycles. The normalized spacial score (nSPS) is 14.6. The Morgan fingerprint density at radius 1 is 1.32 bits per heavy atom.